The molecular formula is C22H33N3O4. The molecule has 29 heavy (non-hydrogen) atoms. The first-order valence-electron chi connectivity index (χ1n) is 10.7. The van der Waals surface area contributed by atoms with Crippen LogP contribution in [0, 0.1) is 0 Å². The van der Waals surface area contributed by atoms with Gasteiger partial charge >= 0.3 is 0 Å². The Kier molecular flexibility index (Phi) is 8.03. The van der Waals surface area contributed by atoms with E-state index in [1.165, 1.54) is 5.57 Å². The smallest absolute Gasteiger partial charge is 0.255 e. The Morgan fingerprint density at radius 1 is 1.34 bits per heavy atom. The minimum atomic E-state index is -0.855. The molecule has 0 bridgehead atoms. The number of nitrogens with zero attached hydrogens (tertiary/aromatic N) is 2. The van der Waals surface area contributed by atoms with Crippen molar-refractivity contribution in [1.82, 2.24) is 15.1 Å². The molecule has 0 fully saturated rings. The molecule has 1 amide bonds. The molecule has 7 nitrogen and oxygen atoms in total. The van der Waals surface area contributed by atoms with Gasteiger partial charge in [-0.1, -0.05) is 24.6 Å². The fourth-order valence-electron chi connectivity index (χ4n) is 3.78. The highest BCUT2D eigenvalue weighted by atomic mass is 16.6. The second-order valence-electron chi connectivity index (χ2n) is 7.68. The van der Waals surface area contributed by atoms with Gasteiger partial charge in [0.05, 0.1) is 23.6 Å². The van der Waals surface area contributed by atoms with Crippen LogP contribution in [0.15, 0.2) is 23.3 Å². The van der Waals surface area contributed by atoms with Gasteiger partial charge in [0.2, 0.25) is 0 Å². The van der Waals surface area contributed by atoms with Crippen LogP contribution in [0.1, 0.15) is 61.3 Å². The first-order chi connectivity index (χ1) is 14.1. The first-order valence-corrected chi connectivity index (χ1v) is 10.7. The number of aromatic nitrogens is 2. The number of amides is 1. The summed E-state index contributed by atoms with van der Waals surface area (Å²) in [5.41, 5.74) is 4.68. The van der Waals surface area contributed by atoms with Crippen LogP contribution in [0.2, 0.25) is 0 Å². The molecule has 2 heterocycles. The maximum atomic E-state index is 12.7. The maximum absolute atomic E-state index is 12.7. The summed E-state index contributed by atoms with van der Waals surface area (Å²) in [6.07, 6.45) is 7.73. The zero-order chi connectivity index (χ0) is 20.6. The van der Waals surface area contributed by atoms with E-state index in [4.69, 9.17) is 14.6 Å². The Morgan fingerprint density at radius 2 is 2.17 bits per heavy atom. The lowest BCUT2D eigenvalue weighted by atomic mass is 10.1. The van der Waals surface area contributed by atoms with Gasteiger partial charge in [-0.25, -0.2) is 0 Å². The second-order valence-corrected chi connectivity index (χ2v) is 7.68. The summed E-state index contributed by atoms with van der Waals surface area (Å²) in [6, 6.07) is 0. The van der Waals surface area contributed by atoms with E-state index in [9.17, 15) is 9.90 Å². The number of aryl methyl sites for hydroxylation is 2. The molecule has 1 aromatic rings. The van der Waals surface area contributed by atoms with Crippen LogP contribution in [-0.2, 0) is 28.9 Å². The molecule has 0 radical (unpaired) electrons. The average molecular weight is 404 g/mol. The molecule has 1 unspecified atom stereocenters. The number of aliphatic hydroxyl groups is 1. The van der Waals surface area contributed by atoms with E-state index in [-0.39, 0.29) is 5.91 Å². The van der Waals surface area contributed by atoms with E-state index in [2.05, 4.69) is 5.32 Å². The van der Waals surface area contributed by atoms with Crippen molar-refractivity contribution < 1.29 is 19.4 Å². The van der Waals surface area contributed by atoms with Gasteiger partial charge in [-0.15, -0.1) is 0 Å². The number of ether oxygens (including phenoxy) is 2. The minimum Gasteiger partial charge on any atom is -0.381 e. The zero-order valence-corrected chi connectivity index (χ0v) is 17.6. The Balaban J connectivity index is 1.62. The SMILES string of the molecule is CCc1nn(CCCOC(O)C2=CC=C(C)C2)c2c1C(=O)NCCCOCCC2. The highest BCUT2D eigenvalue weighted by Gasteiger charge is 2.23. The van der Waals surface area contributed by atoms with Gasteiger partial charge in [-0.2, -0.15) is 5.10 Å². The van der Waals surface area contributed by atoms with Crippen LogP contribution in [0.25, 0.3) is 0 Å². The molecule has 0 saturated carbocycles. The Morgan fingerprint density at radius 3 is 2.93 bits per heavy atom. The van der Waals surface area contributed by atoms with E-state index < -0.39 is 6.29 Å². The molecule has 2 aliphatic rings. The molecular weight excluding hydrogens is 370 g/mol. The van der Waals surface area contributed by atoms with Crippen molar-refractivity contribution in [3.05, 3.63) is 40.2 Å². The van der Waals surface area contributed by atoms with Crippen molar-refractivity contribution >= 4 is 5.91 Å². The number of aliphatic hydroxyl groups excluding tert-OH is 1. The first kappa shape index (κ1) is 21.7. The van der Waals surface area contributed by atoms with Gasteiger partial charge in [0.15, 0.2) is 6.29 Å². The fraction of sp³-hybridized carbons (Fsp3) is 0.636. The normalized spacial score (nSPS) is 19.1. The van der Waals surface area contributed by atoms with Gasteiger partial charge in [0.25, 0.3) is 5.91 Å². The molecule has 1 aliphatic heterocycles. The summed E-state index contributed by atoms with van der Waals surface area (Å²) in [4.78, 5) is 12.7. The van der Waals surface area contributed by atoms with Crippen molar-refractivity contribution in [3.8, 4) is 0 Å². The van der Waals surface area contributed by atoms with Gasteiger partial charge in [0, 0.05) is 26.3 Å². The highest BCUT2D eigenvalue weighted by Crippen LogP contribution is 2.22. The summed E-state index contributed by atoms with van der Waals surface area (Å²) in [6.45, 7) is 7.14. The molecule has 1 aromatic heterocycles. The standard InChI is InChI=1S/C22H33N3O4/c1-3-18-20-19(7-4-12-28-13-5-10-23-21(20)26)25(24-18)11-6-14-29-22(27)17-9-8-16(2)15-17/h8-9,22,27H,3-7,10-15H2,1-2H3,(H,23,26). The highest BCUT2D eigenvalue weighted by molar-refractivity contribution is 5.96. The lowest BCUT2D eigenvalue weighted by Crippen LogP contribution is -2.26. The number of fused-ring (bicyclic) bond motifs is 1. The summed E-state index contributed by atoms with van der Waals surface area (Å²) in [5.74, 6) is -0.0345. The number of allylic oxidation sites excluding steroid dienone is 3. The number of hydrogen-bond donors (Lipinski definition) is 2. The lowest BCUT2D eigenvalue weighted by Gasteiger charge is -2.14. The maximum Gasteiger partial charge on any atom is 0.255 e. The van der Waals surface area contributed by atoms with Crippen LogP contribution in [0.4, 0.5) is 0 Å². The van der Waals surface area contributed by atoms with Crippen LogP contribution in [0.5, 0.6) is 0 Å². The van der Waals surface area contributed by atoms with E-state index in [0.717, 1.165) is 54.6 Å². The Bertz CT molecular complexity index is 766. The predicted octanol–water partition coefficient (Wildman–Crippen LogP) is 2.53. The third-order valence-electron chi connectivity index (χ3n) is 5.32. The average Bonchev–Trinajstić information content (AvgIpc) is 3.29. The third kappa shape index (κ3) is 5.78. The number of hydrogen-bond acceptors (Lipinski definition) is 5. The zero-order valence-electron chi connectivity index (χ0n) is 17.6. The summed E-state index contributed by atoms with van der Waals surface area (Å²) >= 11 is 0. The molecule has 7 heteroatoms. The summed E-state index contributed by atoms with van der Waals surface area (Å²) in [5, 5.41) is 17.9. The molecule has 0 aromatic carbocycles. The fourth-order valence-corrected chi connectivity index (χ4v) is 3.78. The van der Waals surface area contributed by atoms with Gasteiger partial charge < -0.3 is 19.9 Å². The molecule has 1 atom stereocenters. The summed E-state index contributed by atoms with van der Waals surface area (Å²) < 4.78 is 13.2. The quantitative estimate of drug-likeness (QED) is 0.540. The lowest BCUT2D eigenvalue weighted by molar-refractivity contribution is -0.0745. The van der Waals surface area contributed by atoms with Crippen molar-refractivity contribution in [2.45, 2.75) is 65.2 Å². The second kappa shape index (κ2) is 10.7. The van der Waals surface area contributed by atoms with Crippen LogP contribution < -0.4 is 5.32 Å². The number of nitrogens with one attached hydrogen (secondary N) is 1. The van der Waals surface area contributed by atoms with Crippen LogP contribution in [0.3, 0.4) is 0 Å². The number of rotatable bonds is 7. The molecule has 160 valence electrons. The molecule has 0 spiro atoms. The van der Waals surface area contributed by atoms with E-state index >= 15 is 0 Å². The monoisotopic (exact) mass is 403 g/mol. The topological polar surface area (TPSA) is 85.6 Å². The van der Waals surface area contributed by atoms with Crippen molar-refractivity contribution in [2.75, 3.05) is 26.4 Å². The van der Waals surface area contributed by atoms with Crippen LogP contribution in [-0.4, -0.2) is 53.4 Å². The van der Waals surface area contributed by atoms with E-state index in [0.29, 0.717) is 39.3 Å². The minimum absolute atomic E-state index is 0.0345. The predicted molar refractivity (Wildman–Crippen MR) is 111 cm³/mol. The van der Waals surface area contributed by atoms with Gasteiger partial charge in [-0.05, 0) is 51.0 Å². The van der Waals surface area contributed by atoms with E-state index in [1.807, 2.05) is 30.7 Å². The van der Waals surface area contributed by atoms with Gasteiger partial charge in [-0.3, -0.25) is 9.48 Å². The molecule has 1 aliphatic carbocycles. The Hall–Kier alpha value is -1.96. The summed E-state index contributed by atoms with van der Waals surface area (Å²) in [7, 11) is 0. The number of carbonyl (C=O) groups is 1. The van der Waals surface area contributed by atoms with Crippen molar-refractivity contribution in [2.24, 2.45) is 0 Å². The Labute approximate surface area is 172 Å². The largest absolute Gasteiger partial charge is 0.381 e. The molecule has 3 rings (SSSR count). The molecule has 0 saturated heterocycles. The number of carbonyl (C=O) groups excluding carboxylic acids is 1. The van der Waals surface area contributed by atoms with Gasteiger partial charge in [0.1, 0.15) is 0 Å². The third-order valence-corrected chi connectivity index (χ3v) is 5.32. The van der Waals surface area contributed by atoms with Crippen LogP contribution >= 0.6 is 0 Å². The van der Waals surface area contributed by atoms with Crippen molar-refractivity contribution in [1.29, 1.82) is 0 Å². The van der Waals surface area contributed by atoms with E-state index in [1.54, 1.807) is 0 Å². The van der Waals surface area contributed by atoms with Crippen molar-refractivity contribution in [3.63, 3.8) is 0 Å². The molecule has 2 N–H and O–H groups in total.